The lowest BCUT2D eigenvalue weighted by Gasteiger charge is -2.11. The second kappa shape index (κ2) is 8.58. The average molecular weight is 377 g/mol. The van der Waals surface area contributed by atoms with E-state index in [-0.39, 0.29) is 11.3 Å². The van der Waals surface area contributed by atoms with E-state index in [9.17, 15) is 18.0 Å². The maximum atomic E-state index is 13.0. The zero-order chi connectivity index (χ0) is 20.0. The number of alkyl halides is 3. The van der Waals surface area contributed by atoms with E-state index in [0.29, 0.717) is 11.5 Å². The van der Waals surface area contributed by atoms with Crippen LogP contribution in [0.5, 0.6) is 5.75 Å². The van der Waals surface area contributed by atoms with Crippen LogP contribution < -0.4 is 4.74 Å². The van der Waals surface area contributed by atoms with E-state index in [2.05, 4.69) is 16.8 Å². The summed E-state index contributed by atoms with van der Waals surface area (Å²) in [6.07, 6.45) is -0.610. The number of hydrogen-bond donors (Lipinski definition) is 1. The molecule has 0 fully saturated rings. The smallest absolute Gasteiger partial charge is 0.416 e. The second-order valence-corrected chi connectivity index (χ2v) is 6.27. The van der Waals surface area contributed by atoms with Gasteiger partial charge in [0.15, 0.2) is 6.61 Å². The van der Waals surface area contributed by atoms with Crippen molar-refractivity contribution < 1.29 is 27.8 Å². The van der Waals surface area contributed by atoms with Crippen molar-refractivity contribution in [2.45, 2.75) is 26.4 Å². The maximum Gasteiger partial charge on any atom is 0.416 e. The van der Waals surface area contributed by atoms with E-state index in [0.717, 1.165) is 30.2 Å². The molecular formula is C20H18F3NO3. The Bertz CT molecular complexity index is 880. The minimum absolute atomic E-state index is 0.0211. The molecule has 2 aromatic rings. The summed E-state index contributed by atoms with van der Waals surface area (Å²) in [6, 6.07) is 4.57. The monoisotopic (exact) mass is 377 g/mol. The molecule has 0 saturated heterocycles. The zero-order valence-electron chi connectivity index (χ0n) is 14.8. The third-order valence-electron chi connectivity index (χ3n) is 3.53. The van der Waals surface area contributed by atoms with E-state index in [1.165, 1.54) is 0 Å². The Morgan fingerprint density at radius 1 is 1.22 bits per heavy atom. The Labute approximate surface area is 155 Å². The highest BCUT2D eigenvalue weighted by molar-refractivity contribution is 5.68. The molecule has 0 unspecified atom stereocenters. The van der Waals surface area contributed by atoms with Crippen molar-refractivity contribution in [3.05, 3.63) is 58.9 Å². The number of carboxylic acid groups (broad SMARTS) is 1. The molecule has 0 spiro atoms. The van der Waals surface area contributed by atoms with Crippen molar-refractivity contribution in [2.24, 2.45) is 5.92 Å². The first-order valence-corrected chi connectivity index (χ1v) is 8.17. The number of nitrogens with zero attached hydrogens (tertiary/aromatic N) is 1. The minimum atomic E-state index is -4.54. The van der Waals surface area contributed by atoms with Gasteiger partial charge in [-0.25, -0.2) is 4.79 Å². The summed E-state index contributed by atoms with van der Waals surface area (Å²) in [6.45, 7) is 3.41. The van der Waals surface area contributed by atoms with Crippen LogP contribution in [0.2, 0.25) is 0 Å². The molecule has 0 aliphatic heterocycles. The Hall–Kier alpha value is -3.01. The summed E-state index contributed by atoms with van der Waals surface area (Å²) in [5.41, 5.74) is 0.619. The van der Waals surface area contributed by atoms with Gasteiger partial charge in [0, 0.05) is 18.0 Å². The molecule has 0 aliphatic rings. The van der Waals surface area contributed by atoms with E-state index >= 15 is 0 Å². The zero-order valence-corrected chi connectivity index (χ0v) is 14.8. The fourth-order valence-electron chi connectivity index (χ4n) is 2.36. The average Bonchev–Trinajstić information content (AvgIpc) is 2.58. The summed E-state index contributed by atoms with van der Waals surface area (Å²) in [4.78, 5) is 14.7. The third kappa shape index (κ3) is 6.03. The maximum absolute atomic E-state index is 13.0. The first-order chi connectivity index (χ1) is 12.7. The summed E-state index contributed by atoms with van der Waals surface area (Å²) >= 11 is 0. The van der Waals surface area contributed by atoms with E-state index in [4.69, 9.17) is 9.84 Å². The normalized spacial score (nSPS) is 11.0. The number of pyridine rings is 1. The molecule has 7 heteroatoms. The predicted molar refractivity (Wildman–Crippen MR) is 93.3 cm³/mol. The van der Waals surface area contributed by atoms with Crippen LogP contribution in [0.25, 0.3) is 0 Å². The lowest BCUT2D eigenvalue weighted by molar-refractivity contribution is -0.140. The molecule has 1 heterocycles. The Morgan fingerprint density at radius 3 is 2.56 bits per heavy atom. The van der Waals surface area contributed by atoms with Crippen molar-refractivity contribution in [3.63, 3.8) is 0 Å². The Morgan fingerprint density at radius 2 is 1.93 bits per heavy atom. The number of halogens is 3. The molecule has 4 nitrogen and oxygen atoms in total. The molecule has 142 valence electrons. The molecule has 1 aromatic carbocycles. The Kier molecular flexibility index (Phi) is 6.45. The van der Waals surface area contributed by atoms with Gasteiger partial charge in [0.1, 0.15) is 5.75 Å². The van der Waals surface area contributed by atoms with Crippen molar-refractivity contribution in [1.29, 1.82) is 0 Å². The number of rotatable bonds is 5. The molecule has 0 bridgehead atoms. The quantitative estimate of drug-likeness (QED) is 0.795. The fourth-order valence-corrected chi connectivity index (χ4v) is 2.36. The topological polar surface area (TPSA) is 59.4 Å². The van der Waals surface area contributed by atoms with Crippen molar-refractivity contribution in [3.8, 4) is 17.6 Å². The first-order valence-electron chi connectivity index (χ1n) is 8.17. The van der Waals surface area contributed by atoms with Gasteiger partial charge in [-0.05, 0) is 42.2 Å². The van der Waals surface area contributed by atoms with Crippen LogP contribution in [0.3, 0.4) is 0 Å². The molecule has 27 heavy (non-hydrogen) atoms. The number of aliphatic carboxylic acids is 1. The van der Waals surface area contributed by atoms with E-state index in [1.807, 2.05) is 19.9 Å². The summed E-state index contributed by atoms with van der Waals surface area (Å²) in [5, 5.41) is 8.73. The van der Waals surface area contributed by atoms with Crippen LogP contribution in [-0.2, 0) is 17.4 Å². The van der Waals surface area contributed by atoms with Gasteiger partial charge in [-0.2, -0.15) is 13.2 Å². The number of carboxylic acids is 1. The molecule has 0 amide bonds. The highest BCUT2D eigenvalue weighted by atomic mass is 19.4. The molecule has 0 atom stereocenters. The van der Waals surface area contributed by atoms with Crippen LogP contribution in [0.1, 0.15) is 36.1 Å². The summed E-state index contributed by atoms with van der Waals surface area (Å²) in [7, 11) is 0. The number of carbonyl (C=O) groups is 1. The van der Waals surface area contributed by atoms with Crippen LogP contribution >= 0.6 is 0 Å². The number of hydrogen-bond acceptors (Lipinski definition) is 3. The third-order valence-corrected chi connectivity index (χ3v) is 3.53. The van der Waals surface area contributed by atoms with Crippen LogP contribution in [0.4, 0.5) is 13.2 Å². The predicted octanol–water partition coefficient (Wildman–Crippen LogP) is 4.16. The van der Waals surface area contributed by atoms with Crippen LogP contribution in [0.15, 0.2) is 36.7 Å². The van der Waals surface area contributed by atoms with Gasteiger partial charge in [-0.1, -0.05) is 25.7 Å². The van der Waals surface area contributed by atoms with Crippen LogP contribution in [-0.4, -0.2) is 22.7 Å². The highest BCUT2D eigenvalue weighted by Gasteiger charge is 2.31. The van der Waals surface area contributed by atoms with Gasteiger partial charge in [0.2, 0.25) is 0 Å². The van der Waals surface area contributed by atoms with Crippen molar-refractivity contribution >= 4 is 5.97 Å². The molecule has 0 radical (unpaired) electrons. The molecular weight excluding hydrogens is 359 g/mol. The summed E-state index contributed by atoms with van der Waals surface area (Å²) in [5.74, 6) is 4.62. The molecule has 1 aromatic heterocycles. The number of aromatic nitrogens is 1. The van der Waals surface area contributed by atoms with Gasteiger partial charge >= 0.3 is 12.1 Å². The van der Waals surface area contributed by atoms with Crippen molar-refractivity contribution in [1.82, 2.24) is 4.98 Å². The number of benzene rings is 1. The minimum Gasteiger partial charge on any atom is -0.481 e. The lowest BCUT2D eigenvalue weighted by atomic mass is 9.99. The Balaban J connectivity index is 2.45. The largest absolute Gasteiger partial charge is 0.481 e. The SMILES string of the molecule is CC(C)Cc1ccncc1C#Cc1cc(C(F)(F)F)ccc1OCC(=O)O. The highest BCUT2D eigenvalue weighted by Crippen LogP contribution is 2.32. The number of ether oxygens (including phenoxy) is 1. The molecule has 2 rings (SSSR count). The van der Waals surface area contributed by atoms with Gasteiger partial charge < -0.3 is 9.84 Å². The molecule has 0 saturated carbocycles. The van der Waals surface area contributed by atoms with E-state index in [1.54, 1.807) is 12.4 Å². The van der Waals surface area contributed by atoms with Gasteiger partial charge in [-0.3, -0.25) is 4.98 Å². The van der Waals surface area contributed by atoms with Crippen LogP contribution in [0, 0.1) is 17.8 Å². The van der Waals surface area contributed by atoms with E-state index < -0.39 is 24.3 Å². The lowest BCUT2D eigenvalue weighted by Crippen LogP contribution is -2.11. The molecule has 0 aliphatic carbocycles. The van der Waals surface area contributed by atoms with Gasteiger partial charge in [0.25, 0.3) is 0 Å². The van der Waals surface area contributed by atoms with Gasteiger partial charge in [-0.15, -0.1) is 0 Å². The standard InChI is InChI=1S/C20H18F3NO3/c1-13(2)9-14-7-8-24-11-16(14)4-3-15-10-17(20(21,22)23)5-6-18(15)27-12-19(25)26/h5-8,10-11,13H,9,12H2,1-2H3,(H,25,26). The van der Waals surface area contributed by atoms with Crippen molar-refractivity contribution in [2.75, 3.05) is 6.61 Å². The first kappa shape index (κ1) is 20.3. The van der Waals surface area contributed by atoms with Gasteiger partial charge in [0.05, 0.1) is 11.1 Å². The molecule has 1 N–H and O–H groups in total. The second-order valence-electron chi connectivity index (χ2n) is 6.27. The summed E-state index contributed by atoms with van der Waals surface area (Å²) < 4.78 is 44.0. The fraction of sp³-hybridized carbons (Fsp3) is 0.300.